The van der Waals surface area contributed by atoms with Gasteiger partial charge >= 0.3 is 0 Å². The van der Waals surface area contributed by atoms with E-state index in [1.165, 1.54) is 16.0 Å². The monoisotopic (exact) mass is 288 g/mol. The molecule has 0 aliphatic rings. The van der Waals surface area contributed by atoms with Crippen LogP contribution in [0.5, 0.6) is 0 Å². The van der Waals surface area contributed by atoms with Crippen LogP contribution in [-0.2, 0) is 0 Å². The summed E-state index contributed by atoms with van der Waals surface area (Å²) < 4.78 is 0. The van der Waals surface area contributed by atoms with Gasteiger partial charge in [-0.2, -0.15) is 0 Å². The van der Waals surface area contributed by atoms with E-state index in [-0.39, 0.29) is 0 Å². The molecule has 0 unspecified atom stereocenters. The first-order valence-electron chi connectivity index (χ1n) is 6.81. The number of thioether (sulfide) groups is 1. The summed E-state index contributed by atoms with van der Waals surface area (Å²) in [6.45, 7) is 16.0. The molecule has 0 bridgehead atoms. The number of nitrogens with zero attached hydrogens (tertiary/aromatic N) is 1. The molecule has 0 amide bonds. The van der Waals surface area contributed by atoms with E-state index in [9.17, 15) is 0 Å². The van der Waals surface area contributed by atoms with Gasteiger partial charge in [-0.05, 0) is 42.5 Å². The zero-order valence-corrected chi connectivity index (χ0v) is 13.7. The minimum Gasteiger partial charge on any atom is -0.399 e. The molecular formula is C17H24N2S. The second-order valence-corrected chi connectivity index (χ2v) is 6.26. The number of benzene rings is 1. The summed E-state index contributed by atoms with van der Waals surface area (Å²) in [5.41, 5.74) is 10.9. The van der Waals surface area contributed by atoms with E-state index in [1.54, 1.807) is 11.8 Å². The molecule has 1 aromatic carbocycles. The lowest BCUT2D eigenvalue weighted by Crippen LogP contribution is -2.02. The first-order chi connectivity index (χ1) is 9.42. The zero-order chi connectivity index (χ0) is 15.3. The van der Waals surface area contributed by atoms with Crippen LogP contribution in [0.25, 0.3) is 10.6 Å². The SMILES string of the molecule is C=N/C(C)=C(\SCC)c1ccc(C(=C)N)c(C(C)C)c1. The van der Waals surface area contributed by atoms with Crippen LogP contribution in [0.1, 0.15) is 50.3 Å². The molecule has 1 aromatic rings. The molecule has 0 radical (unpaired) electrons. The van der Waals surface area contributed by atoms with Gasteiger partial charge in [0.15, 0.2) is 0 Å². The van der Waals surface area contributed by atoms with Crippen LogP contribution in [0.15, 0.2) is 35.5 Å². The number of rotatable bonds is 6. The Labute approximate surface area is 126 Å². The number of allylic oxidation sites excluding steroid dienone is 1. The largest absolute Gasteiger partial charge is 0.399 e. The molecule has 20 heavy (non-hydrogen) atoms. The molecule has 0 saturated carbocycles. The van der Waals surface area contributed by atoms with Crippen LogP contribution in [0.2, 0.25) is 0 Å². The van der Waals surface area contributed by atoms with Gasteiger partial charge in [0.25, 0.3) is 0 Å². The van der Waals surface area contributed by atoms with Gasteiger partial charge < -0.3 is 5.73 Å². The van der Waals surface area contributed by atoms with Gasteiger partial charge in [-0.25, -0.2) is 0 Å². The summed E-state index contributed by atoms with van der Waals surface area (Å²) in [7, 11) is 0. The topological polar surface area (TPSA) is 38.4 Å². The van der Waals surface area contributed by atoms with Crippen LogP contribution < -0.4 is 5.73 Å². The van der Waals surface area contributed by atoms with Gasteiger partial charge in [-0.3, -0.25) is 4.99 Å². The maximum absolute atomic E-state index is 5.88. The Balaban J connectivity index is 3.43. The molecule has 0 heterocycles. The maximum atomic E-state index is 5.88. The van der Waals surface area contributed by atoms with Gasteiger partial charge in [0, 0.05) is 16.2 Å². The second-order valence-electron chi connectivity index (χ2n) is 4.99. The molecule has 0 fully saturated rings. The molecule has 3 heteroatoms. The van der Waals surface area contributed by atoms with Crippen molar-refractivity contribution in [2.75, 3.05) is 5.75 Å². The predicted molar refractivity (Wildman–Crippen MR) is 94.0 cm³/mol. The van der Waals surface area contributed by atoms with Crippen molar-refractivity contribution in [1.29, 1.82) is 0 Å². The Morgan fingerprint density at radius 1 is 1.40 bits per heavy atom. The molecular weight excluding hydrogens is 264 g/mol. The Kier molecular flexibility index (Phi) is 6.08. The van der Waals surface area contributed by atoms with E-state index in [2.05, 4.69) is 57.3 Å². The molecule has 2 nitrogen and oxygen atoms in total. The van der Waals surface area contributed by atoms with Crippen molar-refractivity contribution in [2.45, 2.75) is 33.6 Å². The van der Waals surface area contributed by atoms with E-state index in [1.807, 2.05) is 6.92 Å². The predicted octanol–water partition coefficient (Wildman–Crippen LogP) is 4.88. The van der Waals surface area contributed by atoms with Gasteiger partial charge in [-0.1, -0.05) is 39.5 Å². The molecule has 0 aromatic heterocycles. The van der Waals surface area contributed by atoms with E-state index in [4.69, 9.17) is 5.73 Å². The van der Waals surface area contributed by atoms with E-state index >= 15 is 0 Å². The van der Waals surface area contributed by atoms with Crippen LogP contribution >= 0.6 is 11.8 Å². The smallest absolute Gasteiger partial charge is 0.0507 e. The number of hydrogen-bond acceptors (Lipinski definition) is 3. The van der Waals surface area contributed by atoms with Crippen LogP contribution in [0.4, 0.5) is 0 Å². The summed E-state index contributed by atoms with van der Waals surface area (Å²) >= 11 is 1.79. The van der Waals surface area contributed by atoms with Crippen molar-refractivity contribution in [2.24, 2.45) is 10.7 Å². The average Bonchev–Trinajstić information content (AvgIpc) is 2.43. The average molecular weight is 288 g/mol. The molecule has 0 aliphatic carbocycles. The third kappa shape index (κ3) is 3.76. The highest BCUT2D eigenvalue weighted by molar-refractivity contribution is 8.08. The van der Waals surface area contributed by atoms with E-state index in [0.717, 1.165) is 17.0 Å². The van der Waals surface area contributed by atoms with Crippen molar-refractivity contribution in [3.05, 3.63) is 47.2 Å². The van der Waals surface area contributed by atoms with Crippen molar-refractivity contribution in [3.63, 3.8) is 0 Å². The van der Waals surface area contributed by atoms with Crippen molar-refractivity contribution >= 4 is 29.1 Å². The minimum atomic E-state index is 0.398. The lowest BCUT2D eigenvalue weighted by atomic mass is 9.93. The van der Waals surface area contributed by atoms with Crippen molar-refractivity contribution in [1.82, 2.24) is 0 Å². The highest BCUT2D eigenvalue weighted by Gasteiger charge is 2.12. The third-order valence-electron chi connectivity index (χ3n) is 3.14. The van der Waals surface area contributed by atoms with E-state index in [0.29, 0.717) is 11.6 Å². The molecule has 0 spiro atoms. The fourth-order valence-corrected chi connectivity index (χ4v) is 2.94. The van der Waals surface area contributed by atoms with E-state index < -0.39 is 0 Å². The van der Waals surface area contributed by atoms with Gasteiger partial charge in [0.2, 0.25) is 0 Å². The highest BCUT2D eigenvalue weighted by atomic mass is 32.2. The fraction of sp³-hybridized carbons (Fsp3) is 0.353. The highest BCUT2D eigenvalue weighted by Crippen LogP contribution is 2.34. The lowest BCUT2D eigenvalue weighted by molar-refractivity contribution is 0.861. The summed E-state index contributed by atoms with van der Waals surface area (Å²) in [6.07, 6.45) is 0. The lowest BCUT2D eigenvalue weighted by Gasteiger charge is -2.16. The molecule has 1 rings (SSSR count). The Morgan fingerprint density at radius 2 is 2.05 bits per heavy atom. The Hall–Kier alpha value is -1.48. The standard InChI is InChI=1S/C17H24N2S/c1-7-20-17(13(5)19-6)14-8-9-15(12(4)18)16(10-14)11(2)3/h8-11H,4,6-7,18H2,1-3,5H3/b17-13-. The van der Waals surface area contributed by atoms with Crippen LogP contribution in [0.3, 0.4) is 0 Å². The summed E-state index contributed by atoms with van der Waals surface area (Å²) in [5.74, 6) is 1.40. The molecule has 0 aliphatic heterocycles. The normalized spacial score (nSPS) is 12.2. The third-order valence-corrected chi connectivity index (χ3v) is 4.24. The quantitative estimate of drug-likeness (QED) is 0.757. The molecule has 108 valence electrons. The fourth-order valence-electron chi connectivity index (χ4n) is 2.09. The zero-order valence-electron chi connectivity index (χ0n) is 12.9. The Bertz CT molecular complexity index is 542. The minimum absolute atomic E-state index is 0.398. The summed E-state index contributed by atoms with van der Waals surface area (Å²) in [4.78, 5) is 5.26. The van der Waals surface area contributed by atoms with Gasteiger partial charge in [0.05, 0.1) is 5.70 Å². The van der Waals surface area contributed by atoms with Crippen LogP contribution in [-0.4, -0.2) is 12.5 Å². The van der Waals surface area contributed by atoms with Crippen LogP contribution in [0, 0.1) is 0 Å². The first-order valence-corrected chi connectivity index (χ1v) is 7.80. The molecule has 0 atom stereocenters. The van der Waals surface area contributed by atoms with Crippen molar-refractivity contribution < 1.29 is 0 Å². The second kappa shape index (κ2) is 7.34. The Morgan fingerprint density at radius 3 is 2.50 bits per heavy atom. The number of hydrogen-bond donors (Lipinski definition) is 1. The van der Waals surface area contributed by atoms with Crippen molar-refractivity contribution in [3.8, 4) is 0 Å². The molecule has 0 saturated heterocycles. The van der Waals surface area contributed by atoms with Gasteiger partial charge in [-0.15, -0.1) is 11.8 Å². The number of nitrogens with two attached hydrogens (primary N) is 1. The first kappa shape index (κ1) is 16.6. The maximum Gasteiger partial charge on any atom is 0.0507 e. The number of aliphatic imine (C=N–C) groups is 1. The summed E-state index contributed by atoms with van der Waals surface area (Å²) in [5, 5.41) is 0. The molecule has 2 N–H and O–H groups in total. The van der Waals surface area contributed by atoms with Gasteiger partial charge in [0.1, 0.15) is 0 Å². The summed E-state index contributed by atoms with van der Waals surface area (Å²) in [6, 6.07) is 6.34.